The van der Waals surface area contributed by atoms with Gasteiger partial charge in [-0.15, -0.1) is 0 Å². The summed E-state index contributed by atoms with van der Waals surface area (Å²) in [6.07, 6.45) is 3.34. The molecule has 1 aromatic rings. The topological polar surface area (TPSA) is 30.5 Å². The molecule has 0 aliphatic rings. The second-order valence-electron chi connectivity index (χ2n) is 3.62. The van der Waals surface area contributed by atoms with E-state index in [-0.39, 0.29) is 0 Å². The summed E-state index contributed by atoms with van der Waals surface area (Å²) in [5, 5.41) is 3.35. The summed E-state index contributed by atoms with van der Waals surface area (Å²) < 4.78 is 10.7. The van der Waals surface area contributed by atoms with Crippen molar-refractivity contribution in [2.75, 3.05) is 38.8 Å². The van der Waals surface area contributed by atoms with Crippen LogP contribution >= 0.6 is 11.8 Å². The molecule has 0 spiro atoms. The maximum absolute atomic E-state index is 5.59. The molecule has 0 bridgehead atoms. The number of nitrogens with one attached hydrogen (secondary N) is 1. The molecular weight excluding hydrogens is 234 g/mol. The molecule has 1 aromatic carbocycles. The lowest BCUT2D eigenvalue weighted by molar-refractivity contribution is 0.313. The highest BCUT2D eigenvalue weighted by Crippen LogP contribution is 2.16. The van der Waals surface area contributed by atoms with Crippen LogP contribution in [0.2, 0.25) is 0 Å². The molecule has 0 fully saturated rings. The fourth-order valence-corrected chi connectivity index (χ4v) is 1.81. The molecule has 0 atom stereocenters. The molecule has 0 radical (unpaired) electrons. The summed E-state index contributed by atoms with van der Waals surface area (Å²) in [5.74, 6) is 2.95. The van der Waals surface area contributed by atoms with E-state index in [9.17, 15) is 0 Å². The zero-order valence-corrected chi connectivity index (χ0v) is 11.4. The van der Waals surface area contributed by atoms with Gasteiger partial charge in [0.15, 0.2) is 0 Å². The number of methoxy groups -OCH3 is 1. The van der Waals surface area contributed by atoms with Crippen LogP contribution in [-0.2, 0) is 0 Å². The quantitative estimate of drug-likeness (QED) is 0.687. The van der Waals surface area contributed by atoms with Crippen molar-refractivity contribution in [3.8, 4) is 11.5 Å². The lowest BCUT2D eigenvalue weighted by Crippen LogP contribution is -2.22. The van der Waals surface area contributed by atoms with E-state index in [1.54, 1.807) is 7.11 Å². The molecule has 0 saturated heterocycles. The number of hydrogen-bond acceptors (Lipinski definition) is 4. The Hall–Kier alpha value is -0.870. The van der Waals surface area contributed by atoms with Crippen molar-refractivity contribution in [1.29, 1.82) is 0 Å². The minimum Gasteiger partial charge on any atom is -0.497 e. The summed E-state index contributed by atoms with van der Waals surface area (Å²) >= 11 is 1.88. The Morgan fingerprint density at radius 2 is 1.82 bits per heavy atom. The van der Waals surface area contributed by atoms with Crippen LogP contribution in [0, 0.1) is 0 Å². The first-order valence-electron chi connectivity index (χ1n) is 5.83. The van der Waals surface area contributed by atoms with Crippen molar-refractivity contribution in [3.05, 3.63) is 24.3 Å². The minimum atomic E-state index is 0.700. The van der Waals surface area contributed by atoms with Crippen LogP contribution in [0.4, 0.5) is 0 Å². The monoisotopic (exact) mass is 255 g/mol. The number of rotatable bonds is 9. The zero-order chi connectivity index (χ0) is 12.3. The number of benzene rings is 1. The largest absolute Gasteiger partial charge is 0.497 e. The second kappa shape index (κ2) is 9.19. The van der Waals surface area contributed by atoms with E-state index in [1.807, 2.05) is 36.0 Å². The van der Waals surface area contributed by atoms with Gasteiger partial charge in [0.1, 0.15) is 18.1 Å². The summed E-state index contributed by atoms with van der Waals surface area (Å²) in [6.45, 7) is 2.65. The minimum absolute atomic E-state index is 0.700. The van der Waals surface area contributed by atoms with E-state index in [0.717, 1.165) is 24.6 Å². The fraction of sp³-hybridized carbons (Fsp3) is 0.538. The molecule has 96 valence electrons. The molecule has 0 aliphatic heterocycles. The Labute approximate surface area is 108 Å². The Bertz CT molecular complexity index is 290. The van der Waals surface area contributed by atoms with Crippen molar-refractivity contribution < 1.29 is 9.47 Å². The number of thioether (sulfide) groups is 1. The van der Waals surface area contributed by atoms with Gasteiger partial charge in [0.05, 0.1) is 7.11 Å². The van der Waals surface area contributed by atoms with Gasteiger partial charge in [-0.1, -0.05) is 0 Å². The SMILES string of the molecule is COc1ccc(OCCNCCCSC)cc1. The van der Waals surface area contributed by atoms with Gasteiger partial charge in [0.2, 0.25) is 0 Å². The number of ether oxygens (including phenoxy) is 2. The molecule has 0 aromatic heterocycles. The zero-order valence-electron chi connectivity index (χ0n) is 10.6. The Morgan fingerprint density at radius 3 is 2.47 bits per heavy atom. The van der Waals surface area contributed by atoms with Crippen LogP contribution in [0.3, 0.4) is 0 Å². The molecule has 17 heavy (non-hydrogen) atoms. The first-order chi connectivity index (χ1) is 8.36. The van der Waals surface area contributed by atoms with E-state index < -0.39 is 0 Å². The summed E-state index contributed by atoms with van der Waals surface area (Å²) in [4.78, 5) is 0. The maximum atomic E-state index is 5.59. The van der Waals surface area contributed by atoms with Crippen LogP contribution in [0.5, 0.6) is 11.5 Å². The van der Waals surface area contributed by atoms with Gasteiger partial charge >= 0.3 is 0 Å². The average molecular weight is 255 g/mol. The van der Waals surface area contributed by atoms with Crippen LogP contribution < -0.4 is 14.8 Å². The smallest absolute Gasteiger partial charge is 0.119 e. The molecule has 0 heterocycles. The average Bonchev–Trinajstić information content (AvgIpc) is 2.38. The predicted molar refractivity (Wildman–Crippen MR) is 74.4 cm³/mol. The van der Waals surface area contributed by atoms with Crippen molar-refractivity contribution in [1.82, 2.24) is 5.32 Å². The highest BCUT2D eigenvalue weighted by molar-refractivity contribution is 7.98. The van der Waals surface area contributed by atoms with Crippen LogP contribution in [0.25, 0.3) is 0 Å². The third-order valence-electron chi connectivity index (χ3n) is 2.31. The van der Waals surface area contributed by atoms with Crippen molar-refractivity contribution in [2.24, 2.45) is 0 Å². The van der Waals surface area contributed by atoms with Gasteiger partial charge in [0.25, 0.3) is 0 Å². The van der Waals surface area contributed by atoms with Gasteiger partial charge in [-0.3, -0.25) is 0 Å². The Balaban J connectivity index is 2.05. The summed E-state index contributed by atoms with van der Waals surface area (Å²) in [5.41, 5.74) is 0. The molecule has 4 heteroatoms. The van der Waals surface area contributed by atoms with Crippen molar-refractivity contribution in [2.45, 2.75) is 6.42 Å². The lowest BCUT2D eigenvalue weighted by Gasteiger charge is -2.08. The van der Waals surface area contributed by atoms with E-state index in [4.69, 9.17) is 9.47 Å². The summed E-state index contributed by atoms with van der Waals surface area (Å²) in [7, 11) is 1.66. The Kier molecular flexibility index (Phi) is 7.67. The van der Waals surface area contributed by atoms with Crippen molar-refractivity contribution in [3.63, 3.8) is 0 Å². The van der Waals surface area contributed by atoms with E-state index in [0.29, 0.717) is 6.61 Å². The normalized spacial score (nSPS) is 10.2. The van der Waals surface area contributed by atoms with Gasteiger partial charge in [-0.2, -0.15) is 11.8 Å². The molecule has 0 amide bonds. The van der Waals surface area contributed by atoms with Gasteiger partial charge in [-0.05, 0) is 49.2 Å². The van der Waals surface area contributed by atoms with E-state index in [1.165, 1.54) is 12.2 Å². The third-order valence-corrected chi connectivity index (χ3v) is 3.01. The first kappa shape index (κ1) is 14.2. The van der Waals surface area contributed by atoms with Gasteiger partial charge in [0, 0.05) is 6.54 Å². The highest BCUT2D eigenvalue weighted by Gasteiger charge is 1.94. The van der Waals surface area contributed by atoms with Gasteiger partial charge in [-0.25, -0.2) is 0 Å². The standard InChI is InChI=1S/C13H21NO2S/c1-15-12-4-6-13(7-5-12)16-10-9-14-8-3-11-17-2/h4-7,14H,3,8-11H2,1-2H3. The highest BCUT2D eigenvalue weighted by atomic mass is 32.2. The van der Waals surface area contributed by atoms with Crippen LogP contribution in [-0.4, -0.2) is 38.8 Å². The van der Waals surface area contributed by atoms with Crippen molar-refractivity contribution >= 4 is 11.8 Å². The Morgan fingerprint density at radius 1 is 1.12 bits per heavy atom. The molecular formula is C13H21NO2S. The van der Waals surface area contributed by atoms with Crippen LogP contribution in [0.1, 0.15) is 6.42 Å². The lowest BCUT2D eigenvalue weighted by atomic mass is 10.3. The van der Waals surface area contributed by atoms with E-state index in [2.05, 4.69) is 11.6 Å². The van der Waals surface area contributed by atoms with Crippen LogP contribution in [0.15, 0.2) is 24.3 Å². The molecule has 0 unspecified atom stereocenters. The fourth-order valence-electron chi connectivity index (χ4n) is 1.38. The van der Waals surface area contributed by atoms with E-state index >= 15 is 0 Å². The molecule has 0 saturated carbocycles. The van der Waals surface area contributed by atoms with Gasteiger partial charge < -0.3 is 14.8 Å². The molecule has 1 rings (SSSR count). The molecule has 0 aliphatic carbocycles. The second-order valence-corrected chi connectivity index (χ2v) is 4.61. The number of hydrogen-bond donors (Lipinski definition) is 1. The maximum Gasteiger partial charge on any atom is 0.119 e. The third kappa shape index (κ3) is 6.44. The molecule has 3 nitrogen and oxygen atoms in total. The predicted octanol–water partition coefficient (Wildman–Crippen LogP) is 2.42. The first-order valence-corrected chi connectivity index (χ1v) is 7.22. The summed E-state index contributed by atoms with van der Waals surface area (Å²) in [6, 6.07) is 7.65. The molecule has 1 N–H and O–H groups in total.